The number of rotatable bonds is 5. The van der Waals surface area contributed by atoms with E-state index in [1.54, 1.807) is 0 Å². The van der Waals surface area contributed by atoms with Crippen LogP contribution < -0.4 is 5.73 Å². The Bertz CT molecular complexity index is 386. The van der Waals surface area contributed by atoms with Crippen LogP contribution in [0.4, 0.5) is 0 Å². The van der Waals surface area contributed by atoms with Gasteiger partial charge in [0.15, 0.2) is 0 Å². The van der Waals surface area contributed by atoms with E-state index >= 15 is 0 Å². The zero-order valence-corrected chi connectivity index (χ0v) is 14.2. The topological polar surface area (TPSA) is 32.5 Å². The lowest BCUT2D eigenvalue weighted by Crippen LogP contribution is -2.41. The maximum Gasteiger partial charge on any atom is 0.0702 e. The largest absolute Gasteiger partial charge is 0.329 e. The Hall–Kier alpha value is 0.0600. The molecule has 1 aromatic rings. The minimum absolute atomic E-state index is 0.400. The molecule has 2 rings (SSSR count). The first-order valence-corrected chi connectivity index (χ1v) is 8.55. The molecule has 1 aliphatic heterocycles. The molecule has 0 spiro atoms. The highest BCUT2D eigenvalue weighted by molar-refractivity contribution is 9.11. The molecule has 1 fully saturated rings. The predicted octanol–water partition coefficient (Wildman–Crippen LogP) is 2.78. The molecule has 1 unspecified atom stereocenters. The average molecular weight is 346 g/mol. The molecule has 1 aliphatic rings. The molecule has 19 heavy (non-hydrogen) atoms. The summed E-state index contributed by atoms with van der Waals surface area (Å²) in [6.45, 7) is 4.28. The van der Waals surface area contributed by atoms with Crippen LogP contribution in [0.2, 0.25) is 0 Å². The molecule has 1 aromatic heterocycles. The van der Waals surface area contributed by atoms with E-state index in [9.17, 15) is 0 Å². The van der Waals surface area contributed by atoms with E-state index in [-0.39, 0.29) is 0 Å². The van der Waals surface area contributed by atoms with Gasteiger partial charge in [-0.25, -0.2) is 0 Å². The van der Waals surface area contributed by atoms with E-state index in [1.807, 2.05) is 11.3 Å². The summed E-state index contributed by atoms with van der Waals surface area (Å²) < 4.78 is 1.20. The Balaban J connectivity index is 1.92. The molecule has 0 bridgehead atoms. The molecule has 0 radical (unpaired) electrons. The van der Waals surface area contributed by atoms with Crippen molar-refractivity contribution in [3.63, 3.8) is 0 Å². The van der Waals surface area contributed by atoms with Gasteiger partial charge < -0.3 is 10.6 Å². The summed E-state index contributed by atoms with van der Waals surface area (Å²) >= 11 is 5.36. The summed E-state index contributed by atoms with van der Waals surface area (Å²) in [6, 6.07) is 4.73. The number of hydrogen-bond donors (Lipinski definition) is 1. The van der Waals surface area contributed by atoms with Gasteiger partial charge in [0.25, 0.3) is 0 Å². The van der Waals surface area contributed by atoms with Crippen molar-refractivity contribution in [2.24, 2.45) is 11.7 Å². The third-order valence-electron chi connectivity index (χ3n) is 3.86. The Morgan fingerprint density at radius 1 is 1.42 bits per heavy atom. The molecule has 108 valence electrons. The zero-order valence-electron chi connectivity index (χ0n) is 11.8. The number of thiophene rings is 1. The Morgan fingerprint density at radius 2 is 2.11 bits per heavy atom. The summed E-state index contributed by atoms with van der Waals surface area (Å²) in [7, 11) is 4.33. The molecule has 0 aliphatic carbocycles. The molecular weight excluding hydrogens is 322 g/mol. The van der Waals surface area contributed by atoms with Crippen molar-refractivity contribution in [1.82, 2.24) is 9.80 Å². The maximum absolute atomic E-state index is 6.00. The fourth-order valence-electron chi connectivity index (χ4n) is 2.92. The van der Waals surface area contributed by atoms with Crippen molar-refractivity contribution in [3.8, 4) is 0 Å². The van der Waals surface area contributed by atoms with Crippen molar-refractivity contribution >= 4 is 27.3 Å². The van der Waals surface area contributed by atoms with Crippen LogP contribution in [0.15, 0.2) is 15.9 Å². The molecule has 2 heterocycles. The lowest BCUT2D eigenvalue weighted by Gasteiger charge is -2.37. The van der Waals surface area contributed by atoms with Crippen molar-refractivity contribution in [2.45, 2.75) is 18.9 Å². The Labute approximate surface area is 128 Å². The van der Waals surface area contributed by atoms with Crippen molar-refractivity contribution < 1.29 is 0 Å². The zero-order chi connectivity index (χ0) is 13.8. The SMILES string of the molecule is CN(C)CC1CCN(C(CN)c2ccc(Br)s2)CC1. The van der Waals surface area contributed by atoms with Crippen LogP contribution in [0.1, 0.15) is 23.8 Å². The molecule has 2 N–H and O–H groups in total. The average Bonchev–Trinajstić information content (AvgIpc) is 2.78. The second kappa shape index (κ2) is 7.18. The van der Waals surface area contributed by atoms with Crippen LogP contribution in [-0.4, -0.2) is 50.1 Å². The number of halogens is 1. The standard InChI is InChI=1S/C14H24BrN3S/c1-17(2)10-11-5-7-18(8-6-11)12(9-16)13-3-4-14(15)19-13/h3-4,11-12H,5-10,16H2,1-2H3. The first kappa shape index (κ1) is 15.4. The lowest BCUT2D eigenvalue weighted by atomic mass is 9.95. The minimum atomic E-state index is 0.400. The summed E-state index contributed by atoms with van der Waals surface area (Å²) in [5.74, 6) is 0.847. The first-order chi connectivity index (χ1) is 9.10. The fourth-order valence-corrected chi connectivity index (χ4v) is 4.49. The highest BCUT2D eigenvalue weighted by atomic mass is 79.9. The summed E-state index contributed by atoms with van der Waals surface area (Å²) in [4.78, 5) is 6.25. The number of nitrogens with two attached hydrogens (primary N) is 1. The van der Waals surface area contributed by atoms with Crippen molar-refractivity contribution in [3.05, 3.63) is 20.8 Å². The monoisotopic (exact) mass is 345 g/mol. The molecule has 1 atom stereocenters. The highest BCUT2D eigenvalue weighted by Crippen LogP contribution is 2.32. The van der Waals surface area contributed by atoms with E-state index < -0.39 is 0 Å². The number of nitrogens with zero attached hydrogens (tertiary/aromatic N) is 2. The second-order valence-electron chi connectivity index (χ2n) is 5.63. The third kappa shape index (κ3) is 4.26. The van der Waals surface area contributed by atoms with Crippen molar-refractivity contribution in [1.29, 1.82) is 0 Å². The molecule has 1 saturated heterocycles. The number of hydrogen-bond acceptors (Lipinski definition) is 4. The van der Waals surface area contributed by atoms with Gasteiger partial charge in [0.2, 0.25) is 0 Å². The van der Waals surface area contributed by atoms with Crippen LogP contribution in [0.3, 0.4) is 0 Å². The first-order valence-electron chi connectivity index (χ1n) is 6.94. The van der Waals surface area contributed by atoms with E-state index in [4.69, 9.17) is 5.73 Å². The van der Waals surface area contributed by atoms with Crippen LogP contribution in [0.25, 0.3) is 0 Å². The van der Waals surface area contributed by atoms with Gasteiger partial charge in [-0.3, -0.25) is 4.90 Å². The van der Waals surface area contributed by atoms with Gasteiger partial charge in [-0.05, 0) is 74.0 Å². The van der Waals surface area contributed by atoms with Gasteiger partial charge in [-0.15, -0.1) is 11.3 Å². The summed E-state index contributed by atoms with van der Waals surface area (Å²) in [5.41, 5.74) is 6.00. The highest BCUT2D eigenvalue weighted by Gasteiger charge is 2.26. The quantitative estimate of drug-likeness (QED) is 0.890. The number of piperidine rings is 1. The molecular formula is C14H24BrN3S. The number of likely N-dealkylation sites (tertiary alicyclic amines) is 1. The molecule has 5 heteroatoms. The molecule has 0 saturated carbocycles. The Morgan fingerprint density at radius 3 is 2.58 bits per heavy atom. The van der Waals surface area contributed by atoms with Crippen LogP contribution in [0.5, 0.6) is 0 Å². The maximum atomic E-state index is 6.00. The van der Waals surface area contributed by atoms with Crippen LogP contribution >= 0.6 is 27.3 Å². The van der Waals surface area contributed by atoms with E-state index in [0.29, 0.717) is 12.6 Å². The summed E-state index contributed by atoms with van der Waals surface area (Å²) in [6.07, 6.45) is 2.59. The van der Waals surface area contributed by atoms with Gasteiger partial charge in [0.1, 0.15) is 0 Å². The van der Waals surface area contributed by atoms with Gasteiger partial charge in [0.05, 0.1) is 9.83 Å². The van der Waals surface area contributed by atoms with E-state index in [0.717, 1.165) is 5.92 Å². The van der Waals surface area contributed by atoms with E-state index in [2.05, 4.69) is 52.0 Å². The summed E-state index contributed by atoms with van der Waals surface area (Å²) in [5, 5.41) is 0. The molecule has 0 amide bonds. The van der Waals surface area contributed by atoms with Gasteiger partial charge in [-0.2, -0.15) is 0 Å². The smallest absolute Gasteiger partial charge is 0.0702 e. The van der Waals surface area contributed by atoms with Gasteiger partial charge >= 0.3 is 0 Å². The normalized spacial score (nSPS) is 20.1. The van der Waals surface area contributed by atoms with Crippen LogP contribution in [0, 0.1) is 5.92 Å². The van der Waals surface area contributed by atoms with Gasteiger partial charge in [0, 0.05) is 18.0 Å². The predicted molar refractivity (Wildman–Crippen MR) is 86.7 cm³/mol. The molecule has 0 aromatic carbocycles. The van der Waals surface area contributed by atoms with Crippen molar-refractivity contribution in [2.75, 3.05) is 40.3 Å². The fraction of sp³-hybridized carbons (Fsp3) is 0.714. The van der Waals surface area contributed by atoms with E-state index in [1.165, 1.54) is 41.1 Å². The van der Waals surface area contributed by atoms with Crippen LogP contribution in [-0.2, 0) is 0 Å². The molecule has 3 nitrogen and oxygen atoms in total. The lowest BCUT2D eigenvalue weighted by molar-refractivity contribution is 0.124. The minimum Gasteiger partial charge on any atom is -0.329 e. The Kier molecular flexibility index (Phi) is 5.84. The second-order valence-corrected chi connectivity index (χ2v) is 8.13. The third-order valence-corrected chi connectivity index (χ3v) is 5.58. The van der Waals surface area contributed by atoms with Gasteiger partial charge in [-0.1, -0.05) is 0 Å².